The lowest BCUT2D eigenvalue weighted by Crippen LogP contribution is -2.36. The Morgan fingerprint density at radius 3 is 2.81 bits per heavy atom. The molecule has 1 aromatic heterocycles. The van der Waals surface area contributed by atoms with Crippen LogP contribution in [0.3, 0.4) is 0 Å². The van der Waals surface area contributed by atoms with Gasteiger partial charge in [-0.05, 0) is 55.2 Å². The van der Waals surface area contributed by atoms with Gasteiger partial charge in [-0.3, -0.25) is 4.79 Å². The van der Waals surface area contributed by atoms with Crippen LogP contribution in [0.2, 0.25) is 0 Å². The minimum absolute atomic E-state index is 0.0330. The van der Waals surface area contributed by atoms with E-state index in [2.05, 4.69) is 20.7 Å². The molecule has 1 atom stereocenters. The molecule has 1 aromatic carbocycles. The van der Waals surface area contributed by atoms with E-state index in [-0.39, 0.29) is 24.3 Å². The van der Waals surface area contributed by atoms with Crippen molar-refractivity contribution in [2.24, 2.45) is 5.92 Å². The van der Waals surface area contributed by atoms with Crippen molar-refractivity contribution >= 4 is 5.91 Å². The summed E-state index contributed by atoms with van der Waals surface area (Å²) >= 11 is 0. The number of carbonyl (C=O) groups excluding carboxylic acids is 1. The lowest BCUT2D eigenvalue weighted by molar-refractivity contribution is -0.122. The first-order valence-corrected chi connectivity index (χ1v) is 6.95. The maximum Gasteiger partial charge on any atom is 0.243 e. The van der Waals surface area contributed by atoms with Crippen molar-refractivity contribution in [2.45, 2.75) is 32.4 Å². The average molecular weight is 289 g/mol. The number of nitrogens with zero attached hydrogens (tertiary/aromatic N) is 4. The minimum Gasteiger partial charge on any atom is -0.352 e. The number of hydrogen-bond acceptors (Lipinski definition) is 4. The Bertz CT molecular complexity index is 635. The van der Waals surface area contributed by atoms with E-state index in [4.69, 9.17) is 0 Å². The Labute approximate surface area is 121 Å². The maximum absolute atomic E-state index is 12.9. The summed E-state index contributed by atoms with van der Waals surface area (Å²) in [4.78, 5) is 13.1. The topological polar surface area (TPSA) is 72.7 Å². The van der Waals surface area contributed by atoms with Gasteiger partial charge in [-0.15, -0.1) is 10.2 Å². The number of benzene rings is 1. The van der Waals surface area contributed by atoms with E-state index >= 15 is 0 Å². The number of halogens is 1. The highest BCUT2D eigenvalue weighted by atomic mass is 19.1. The zero-order valence-electron chi connectivity index (χ0n) is 11.7. The molecule has 110 valence electrons. The van der Waals surface area contributed by atoms with Gasteiger partial charge in [-0.2, -0.15) is 4.80 Å². The van der Waals surface area contributed by atoms with Crippen LogP contribution in [0.25, 0.3) is 11.4 Å². The van der Waals surface area contributed by atoms with Gasteiger partial charge >= 0.3 is 0 Å². The van der Waals surface area contributed by atoms with E-state index in [9.17, 15) is 9.18 Å². The Balaban J connectivity index is 1.61. The molecule has 0 spiro atoms. The first-order chi connectivity index (χ1) is 10.1. The SMILES string of the molecule is C[C@H](NC(=O)Cn1nnc(-c2ccc(F)cc2)n1)C1CC1. The van der Waals surface area contributed by atoms with Gasteiger partial charge in [0.1, 0.15) is 12.4 Å². The standard InChI is InChI=1S/C14H16FN5O/c1-9(10-2-3-10)16-13(21)8-20-18-14(17-19-20)11-4-6-12(15)7-5-11/h4-7,9-10H,2-3,8H2,1H3,(H,16,21)/t9-/m0/s1. The van der Waals surface area contributed by atoms with Gasteiger partial charge in [0.15, 0.2) is 0 Å². The fourth-order valence-electron chi connectivity index (χ4n) is 2.17. The molecule has 3 rings (SSSR count). The van der Waals surface area contributed by atoms with E-state index < -0.39 is 0 Å². The van der Waals surface area contributed by atoms with Crippen LogP contribution in [0.15, 0.2) is 24.3 Å². The number of nitrogens with one attached hydrogen (secondary N) is 1. The summed E-state index contributed by atoms with van der Waals surface area (Å²) in [6.07, 6.45) is 2.36. The first-order valence-electron chi connectivity index (χ1n) is 6.95. The van der Waals surface area contributed by atoms with Crippen LogP contribution in [-0.4, -0.2) is 32.2 Å². The highest BCUT2D eigenvalue weighted by molar-refractivity contribution is 5.75. The van der Waals surface area contributed by atoms with E-state index in [0.29, 0.717) is 17.3 Å². The van der Waals surface area contributed by atoms with Crippen molar-refractivity contribution in [1.29, 1.82) is 0 Å². The van der Waals surface area contributed by atoms with Crippen LogP contribution in [0.1, 0.15) is 19.8 Å². The van der Waals surface area contributed by atoms with Crippen LogP contribution < -0.4 is 5.32 Å². The number of carbonyl (C=O) groups is 1. The largest absolute Gasteiger partial charge is 0.352 e. The molecule has 1 fully saturated rings. The number of rotatable bonds is 5. The van der Waals surface area contributed by atoms with E-state index in [1.165, 1.54) is 29.8 Å². The summed E-state index contributed by atoms with van der Waals surface area (Å²) in [6, 6.07) is 6.01. The number of aromatic nitrogens is 4. The molecule has 0 radical (unpaired) electrons. The van der Waals surface area contributed by atoms with Crippen LogP contribution in [0.5, 0.6) is 0 Å². The van der Waals surface area contributed by atoms with E-state index in [1.54, 1.807) is 12.1 Å². The molecule has 1 aliphatic carbocycles. The van der Waals surface area contributed by atoms with Crippen molar-refractivity contribution in [3.05, 3.63) is 30.1 Å². The summed E-state index contributed by atoms with van der Waals surface area (Å²) in [6.45, 7) is 2.04. The van der Waals surface area contributed by atoms with Crippen molar-refractivity contribution in [3.63, 3.8) is 0 Å². The highest BCUT2D eigenvalue weighted by Gasteiger charge is 2.28. The quantitative estimate of drug-likeness (QED) is 0.903. The summed E-state index contributed by atoms with van der Waals surface area (Å²) in [5.74, 6) is 0.530. The molecule has 1 aliphatic rings. The van der Waals surface area contributed by atoms with E-state index in [1.807, 2.05) is 6.92 Å². The van der Waals surface area contributed by atoms with Crippen LogP contribution >= 0.6 is 0 Å². The predicted octanol–water partition coefficient (Wildman–Crippen LogP) is 1.39. The molecule has 1 heterocycles. The van der Waals surface area contributed by atoms with Gasteiger partial charge in [0.25, 0.3) is 0 Å². The Kier molecular flexibility index (Phi) is 3.64. The zero-order chi connectivity index (χ0) is 14.8. The molecule has 0 saturated heterocycles. The van der Waals surface area contributed by atoms with Crippen molar-refractivity contribution in [3.8, 4) is 11.4 Å². The molecule has 1 N–H and O–H groups in total. The van der Waals surface area contributed by atoms with E-state index in [0.717, 1.165) is 0 Å². The Morgan fingerprint density at radius 2 is 2.14 bits per heavy atom. The Morgan fingerprint density at radius 1 is 1.43 bits per heavy atom. The van der Waals surface area contributed by atoms with Gasteiger partial charge in [0.05, 0.1) is 0 Å². The molecule has 0 unspecified atom stereocenters. The van der Waals surface area contributed by atoms with Crippen molar-refractivity contribution < 1.29 is 9.18 Å². The third-order valence-corrected chi connectivity index (χ3v) is 3.56. The molecule has 6 nitrogen and oxygen atoms in total. The molecule has 21 heavy (non-hydrogen) atoms. The molecular weight excluding hydrogens is 273 g/mol. The normalized spacial score (nSPS) is 15.7. The lowest BCUT2D eigenvalue weighted by Gasteiger charge is -2.11. The second-order valence-corrected chi connectivity index (χ2v) is 5.34. The number of hydrogen-bond donors (Lipinski definition) is 1. The minimum atomic E-state index is -0.320. The number of tetrazole rings is 1. The van der Waals surface area contributed by atoms with Crippen LogP contribution in [0, 0.1) is 11.7 Å². The molecule has 0 aliphatic heterocycles. The van der Waals surface area contributed by atoms with Crippen LogP contribution in [0.4, 0.5) is 4.39 Å². The highest BCUT2D eigenvalue weighted by Crippen LogP contribution is 2.32. The fraction of sp³-hybridized carbons (Fsp3) is 0.429. The zero-order valence-corrected chi connectivity index (χ0v) is 11.7. The number of amides is 1. The Hall–Kier alpha value is -2.31. The summed E-state index contributed by atoms with van der Waals surface area (Å²) in [7, 11) is 0. The molecule has 1 saturated carbocycles. The monoisotopic (exact) mass is 289 g/mol. The van der Waals surface area contributed by atoms with Crippen molar-refractivity contribution in [1.82, 2.24) is 25.5 Å². The molecule has 1 amide bonds. The second-order valence-electron chi connectivity index (χ2n) is 5.34. The fourth-order valence-corrected chi connectivity index (χ4v) is 2.17. The van der Waals surface area contributed by atoms with Crippen molar-refractivity contribution in [2.75, 3.05) is 0 Å². The molecule has 7 heteroatoms. The second kappa shape index (κ2) is 5.59. The molecule has 2 aromatic rings. The van der Waals surface area contributed by atoms with Gasteiger partial charge in [0, 0.05) is 11.6 Å². The third kappa shape index (κ3) is 3.42. The summed E-state index contributed by atoms with van der Waals surface area (Å²) in [5, 5.41) is 14.8. The molecule has 0 bridgehead atoms. The summed E-state index contributed by atoms with van der Waals surface area (Å²) in [5.41, 5.74) is 0.661. The predicted molar refractivity (Wildman–Crippen MR) is 73.5 cm³/mol. The first kappa shape index (κ1) is 13.7. The van der Waals surface area contributed by atoms with Gasteiger partial charge in [0.2, 0.25) is 11.7 Å². The maximum atomic E-state index is 12.9. The molecular formula is C14H16FN5O. The lowest BCUT2D eigenvalue weighted by atomic mass is 10.2. The van der Waals surface area contributed by atoms with Gasteiger partial charge < -0.3 is 5.32 Å². The smallest absolute Gasteiger partial charge is 0.243 e. The third-order valence-electron chi connectivity index (χ3n) is 3.56. The van der Waals surface area contributed by atoms with Gasteiger partial charge in [-0.1, -0.05) is 0 Å². The average Bonchev–Trinajstić information content (AvgIpc) is 3.21. The van der Waals surface area contributed by atoms with Crippen LogP contribution in [-0.2, 0) is 11.3 Å². The van der Waals surface area contributed by atoms with Gasteiger partial charge in [-0.25, -0.2) is 4.39 Å². The summed E-state index contributed by atoms with van der Waals surface area (Å²) < 4.78 is 12.9.